The van der Waals surface area contributed by atoms with Crippen molar-refractivity contribution in [1.29, 1.82) is 0 Å². The highest BCUT2D eigenvalue weighted by Crippen LogP contribution is 2.15. The van der Waals surface area contributed by atoms with Crippen LogP contribution in [0.25, 0.3) is 0 Å². The Hall–Kier alpha value is -1.66. The summed E-state index contributed by atoms with van der Waals surface area (Å²) in [5.41, 5.74) is 0. The van der Waals surface area contributed by atoms with Gasteiger partial charge < -0.3 is 20.3 Å². The third-order valence-corrected chi connectivity index (χ3v) is 11.0. The molecule has 0 aliphatic carbocycles. The molecular weight excluding hydrogens is 683 g/mol. The Bertz CT molecular complexity index is 858. The zero-order chi connectivity index (χ0) is 40.1. The van der Waals surface area contributed by atoms with Crippen LogP contribution in [0, 0.1) is 0 Å². The van der Waals surface area contributed by atoms with Crippen molar-refractivity contribution in [3.63, 3.8) is 0 Å². The highest BCUT2D eigenvalue weighted by atomic mass is 16.5. The molecule has 0 rings (SSSR count). The van der Waals surface area contributed by atoms with Crippen molar-refractivity contribution in [2.24, 2.45) is 0 Å². The van der Waals surface area contributed by atoms with Crippen molar-refractivity contribution in [2.75, 3.05) is 13.2 Å². The fraction of sp³-hybridized carbons (Fsp3) is 0.878. The molecule has 0 saturated carbocycles. The topological polar surface area (TPSA) is 95.9 Å². The van der Waals surface area contributed by atoms with Crippen molar-refractivity contribution in [1.82, 2.24) is 5.32 Å². The SMILES string of the molecule is CCCCCCC/C=C\CCCCCCCC(=O)OCCCC/C=C\CCCCCCCC(=O)NC(CO)C(O)CCCCCCCCCCCCCCC. The van der Waals surface area contributed by atoms with Crippen LogP contribution in [0.15, 0.2) is 24.3 Å². The fourth-order valence-electron chi connectivity index (χ4n) is 7.21. The number of amides is 1. The van der Waals surface area contributed by atoms with E-state index in [0.717, 1.165) is 83.5 Å². The molecule has 0 aliphatic heterocycles. The summed E-state index contributed by atoms with van der Waals surface area (Å²) in [6, 6.07) is -0.561. The van der Waals surface area contributed by atoms with Gasteiger partial charge in [-0.1, -0.05) is 186 Å². The first kappa shape index (κ1) is 53.3. The summed E-state index contributed by atoms with van der Waals surface area (Å²) in [5, 5.41) is 23.1. The van der Waals surface area contributed by atoms with Gasteiger partial charge in [0.15, 0.2) is 0 Å². The number of rotatable bonds is 44. The largest absolute Gasteiger partial charge is 0.466 e. The average Bonchev–Trinajstić information content (AvgIpc) is 3.18. The van der Waals surface area contributed by atoms with Gasteiger partial charge in [-0.2, -0.15) is 0 Å². The van der Waals surface area contributed by atoms with Crippen molar-refractivity contribution in [2.45, 2.75) is 264 Å². The summed E-state index contributed by atoms with van der Waals surface area (Å²) in [6.45, 7) is 4.85. The van der Waals surface area contributed by atoms with E-state index in [0.29, 0.717) is 25.9 Å². The van der Waals surface area contributed by atoms with Gasteiger partial charge in [-0.3, -0.25) is 9.59 Å². The normalized spacial score (nSPS) is 12.9. The molecule has 0 aromatic rings. The summed E-state index contributed by atoms with van der Waals surface area (Å²) in [5.74, 6) is -0.106. The quantitative estimate of drug-likeness (QED) is 0.0325. The lowest BCUT2D eigenvalue weighted by molar-refractivity contribution is -0.143. The van der Waals surface area contributed by atoms with Crippen LogP contribution in [0.3, 0.4) is 0 Å². The summed E-state index contributed by atoms with van der Waals surface area (Å²) in [6.07, 6.45) is 51.4. The van der Waals surface area contributed by atoms with Gasteiger partial charge in [0.2, 0.25) is 5.91 Å². The zero-order valence-corrected chi connectivity index (χ0v) is 36.7. The maximum absolute atomic E-state index is 12.4. The second-order valence-corrected chi connectivity index (χ2v) is 16.4. The maximum Gasteiger partial charge on any atom is 0.305 e. The van der Waals surface area contributed by atoms with E-state index in [1.165, 1.54) is 135 Å². The van der Waals surface area contributed by atoms with E-state index < -0.39 is 12.1 Å². The van der Waals surface area contributed by atoms with E-state index in [2.05, 4.69) is 43.5 Å². The van der Waals surface area contributed by atoms with Crippen LogP contribution in [0.1, 0.15) is 251 Å². The number of aliphatic hydroxyl groups excluding tert-OH is 2. The average molecular weight is 776 g/mol. The summed E-state index contributed by atoms with van der Waals surface area (Å²) >= 11 is 0. The van der Waals surface area contributed by atoms with Gasteiger partial charge in [-0.05, 0) is 77.0 Å². The lowest BCUT2D eigenvalue weighted by Gasteiger charge is -2.22. The van der Waals surface area contributed by atoms with E-state index in [1.807, 2.05) is 0 Å². The lowest BCUT2D eigenvalue weighted by atomic mass is 10.0. The summed E-state index contributed by atoms with van der Waals surface area (Å²) < 4.78 is 5.42. The van der Waals surface area contributed by atoms with Gasteiger partial charge in [0, 0.05) is 12.8 Å². The molecule has 55 heavy (non-hydrogen) atoms. The first-order valence-electron chi connectivity index (χ1n) is 24.1. The van der Waals surface area contributed by atoms with Crippen LogP contribution in [-0.2, 0) is 14.3 Å². The molecule has 0 radical (unpaired) electrons. The van der Waals surface area contributed by atoms with E-state index in [-0.39, 0.29) is 18.5 Å². The standard InChI is InChI=1S/C49H93NO5/c1-3-5-7-9-11-13-15-17-19-23-27-31-35-39-43-49(54)55-44-40-36-32-28-24-20-22-26-30-34-38-42-48(53)50-46(45-51)47(52)41-37-33-29-25-21-18-16-14-12-10-8-6-4-2/h15,17,24,28,46-47,51-52H,3-14,16,18-23,25-27,29-45H2,1-2H3,(H,50,53)/b17-15-,28-24-. The highest BCUT2D eigenvalue weighted by molar-refractivity contribution is 5.76. The minimum absolute atomic E-state index is 0.0402. The first-order valence-corrected chi connectivity index (χ1v) is 24.1. The van der Waals surface area contributed by atoms with Crippen molar-refractivity contribution in [3.8, 4) is 0 Å². The van der Waals surface area contributed by atoms with E-state index in [9.17, 15) is 19.8 Å². The maximum atomic E-state index is 12.4. The minimum atomic E-state index is -0.681. The van der Waals surface area contributed by atoms with Gasteiger partial charge in [0.05, 0.1) is 25.4 Å². The van der Waals surface area contributed by atoms with Gasteiger partial charge in [0.1, 0.15) is 0 Å². The predicted octanol–water partition coefficient (Wildman–Crippen LogP) is 14.0. The van der Waals surface area contributed by atoms with Crippen LogP contribution in [0.2, 0.25) is 0 Å². The second kappa shape index (κ2) is 45.0. The van der Waals surface area contributed by atoms with E-state index >= 15 is 0 Å². The van der Waals surface area contributed by atoms with Crippen LogP contribution < -0.4 is 5.32 Å². The van der Waals surface area contributed by atoms with Crippen molar-refractivity contribution in [3.05, 3.63) is 24.3 Å². The Morgan fingerprint density at radius 3 is 1.29 bits per heavy atom. The van der Waals surface area contributed by atoms with Crippen molar-refractivity contribution >= 4 is 11.9 Å². The molecule has 0 fully saturated rings. The summed E-state index contributed by atoms with van der Waals surface area (Å²) in [4.78, 5) is 24.4. The molecule has 6 nitrogen and oxygen atoms in total. The number of unbranched alkanes of at least 4 members (excludes halogenated alkanes) is 29. The molecule has 0 bridgehead atoms. The lowest BCUT2D eigenvalue weighted by Crippen LogP contribution is -2.45. The van der Waals surface area contributed by atoms with E-state index in [4.69, 9.17) is 4.74 Å². The molecule has 2 unspecified atom stereocenters. The van der Waals surface area contributed by atoms with Gasteiger partial charge in [-0.25, -0.2) is 0 Å². The number of carbonyl (C=O) groups excluding carboxylic acids is 2. The Labute approximate surface area is 341 Å². The monoisotopic (exact) mass is 776 g/mol. The van der Waals surface area contributed by atoms with Crippen LogP contribution in [0.5, 0.6) is 0 Å². The van der Waals surface area contributed by atoms with Crippen LogP contribution in [0.4, 0.5) is 0 Å². The number of esters is 1. The second-order valence-electron chi connectivity index (χ2n) is 16.4. The van der Waals surface area contributed by atoms with Crippen molar-refractivity contribution < 1.29 is 24.5 Å². The fourth-order valence-corrected chi connectivity index (χ4v) is 7.21. The van der Waals surface area contributed by atoms with Crippen LogP contribution >= 0.6 is 0 Å². The molecule has 0 aliphatic rings. The number of aliphatic hydroxyl groups is 2. The highest BCUT2D eigenvalue weighted by Gasteiger charge is 2.20. The molecule has 1 amide bonds. The Balaban J connectivity index is 3.53. The molecule has 2 atom stereocenters. The Morgan fingerprint density at radius 1 is 0.491 bits per heavy atom. The molecule has 0 aromatic heterocycles. The van der Waals surface area contributed by atoms with E-state index in [1.54, 1.807) is 0 Å². The number of nitrogens with one attached hydrogen (secondary N) is 1. The molecule has 0 heterocycles. The Kier molecular flexibility index (Phi) is 43.7. The molecule has 3 N–H and O–H groups in total. The first-order chi connectivity index (χ1) is 27.0. The number of ether oxygens (including phenoxy) is 1. The molecule has 0 saturated heterocycles. The predicted molar refractivity (Wildman–Crippen MR) is 236 cm³/mol. The van der Waals surface area contributed by atoms with Gasteiger partial charge in [0.25, 0.3) is 0 Å². The smallest absolute Gasteiger partial charge is 0.305 e. The Morgan fingerprint density at radius 2 is 0.855 bits per heavy atom. The number of allylic oxidation sites excluding steroid dienone is 4. The molecule has 0 aromatic carbocycles. The van der Waals surface area contributed by atoms with Gasteiger partial charge >= 0.3 is 5.97 Å². The van der Waals surface area contributed by atoms with Gasteiger partial charge in [-0.15, -0.1) is 0 Å². The third kappa shape index (κ3) is 41.8. The molecular formula is C49H93NO5. The van der Waals surface area contributed by atoms with Crippen LogP contribution in [-0.4, -0.2) is 47.4 Å². The zero-order valence-electron chi connectivity index (χ0n) is 36.7. The molecule has 0 spiro atoms. The molecule has 324 valence electrons. The third-order valence-electron chi connectivity index (χ3n) is 11.0. The summed E-state index contributed by atoms with van der Waals surface area (Å²) in [7, 11) is 0. The minimum Gasteiger partial charge on any atom is -0.466 e. The number of carbonyl (C=O) groups is 2. The molecule has 6 heteroatoms. The number of hydrogen-bond donors (Lipinski definition) is 3. The number of hydrogen-bond acceptors (Lipinski definition) is 5.